The molecule has 0 saturated carbocycles. The Balaban J connectivity index is 4.26. The van der Waals surface area contributed by atoms with Gasteiger partial charge in [-0.2, -0.15) is 0 Å². The van der Waals surface area contributed by atoms with Gasteiger partial charge < -0.3 is 14.6 Å². The molecular formula is C13H26O4. The van der Waals surface area contributed by atoms with E-state index in [2.05, 4.69) is 13.8 Å². The van der Waals surface area contributed by atoms with Gasteiger partial charge in [0.05, 0.1) is 13.2 Å². The smallest absolute Gasteiger partial charge is 0.329 e. The number of rotatable bonds is 11. The highest BCUT2D eigenvalue weighted by Gasteiger charge is 2.28. The Hall–Kier alpha value is -0.610. The summed E-state index contributed by atoms with van der Waals surface area (Å²) < 4.78 is 10.8. The first-order chi connectivity index (χ1) is 8.10. The van der Waals surface area contributed by atoms with Crippen LogP contribution in [0.2, 0.25) is 0 Å². The van der Waals surface area contributed by atoms with Gasteiger partial charge in [0.2, 0.25) is 0 Å². The minimum Gasteiger partial charge on any atom is -0.480 e. The normalized spacial score (nSPS) is 14.5. The number of hydrogen-bond acceptors (Lipinski definition) is 3. The van der Waals surface area contributed by atoms with Crippen molar-refractivity contribution >= 4 is 5.97 Å². The molecule has 0 heterocycles. The topological polar surface area (TPSA) is 55.8 Å². The van der Waals surface area contributed by atoms with E-state index in [1.54, 1.807) is 0 Å². The van der Waals surface area contributed by atoms with Gasteiger partial charge in [-0.05, 0) is 19.8 Å². The maximum atomic E-state index is 10.4. The molecule has 17 heavy (non-hydrogen) atoms. The minimum atomic E-state index is -0.915. The summed E-state index contributed by atoms with van der Waals surface area (Å²) in [5, 5.41) is 8.58. The lowest BCUT2D eigenvalue weighted by atomic mass is 9.82. The number of carbonyl (C=O) groups is 1. The first kappa shape index (κ1) is 16.4. The van der Waals surface area contributed by atoms with Crippen molar-refractivity contribution in [3.05, 3.63) is 0 Å². The minimum absolute atomic E-state index is 0.0263. The molecule has 0 aromatic carbocycles. The van der Waals surface area contributed by atoms with Crippen molar-refractivity contribution in [2.75, 3.05) is 26.4 Å². The van der Waals surface area contributed by atoms with Gasteiger partial charge in [0.15, 0.2) is 0 Å². The molecule has 0 aliphatic heterocycles. The molecule has 0 bridgehead atoms. The van der Waals surface area contributed by atoms with Crippen molar-refractivity contribution in [3.8, 4) is 0 Å². The van der Waals surface area contributed by atoms with E-state index in [0.29, 0.717) is 19.8 Å². The predicted molar refractivity (Wildman–Crippen MR) is 67.2 cm³/mol. The fraction of sp³-hybridized carbons (Fsp3) is 0.923. The Labute approximate surface area is 104 Å². The second-order valence-corrected chi connectivity index (χ2v) is 4.48. The number of carboxylic acid groups (broad SMARTS) is 1. The van der Waals surface area contributed by atoms with Crippen LogP contribution in [0.1, 0.15) is 46.5 Å². The van der Waals surface area contributed by atoms with Crippen molar-refractivity contribution in [2.24, 2.45) is 5.41 Å². The number of unbranched alkanes of at least 4 members (excludes halogenated alkanes) is 1. The van der Waals surface area contributed by atoms with Crippen LogP contribution in [0.5, 0.6) is 0 Å². The highest BCUT2D eigenvalue weighted by atomic mass is 16.5. The Morgan fingerprint density at radius 1 is 1.18 bits per heavy atom. The number of aliphatic carboxylic acids is 1. The molecule has 4 nitrogen and oxygen atoms in total. The molecule has 1 N–H and O–H groups in total. The lowest BCUT2D eigenvalue weighted by Gasteiger charge is -2.32. The molecule has 0 fully saturated rings. The van der Waals surface area contributed by atoms with Crippen LogP contribution in [-0.4, -0.2) is 37.5 Å². The van der Waals surface area contributed by atoms with E-state index in [4.69, 9.17) is 14.6 Å². The van der Waals surface area contributed by atoms with E-state index in [9.17, 15) is 4.79 Å². The molecule has 0 aliphatic rings. The zero-order valence-electron chi connectivity index (χ0n) is 11.3. The average molecular weight is 246 g/mol. The maximum absolute atomic E-state index is 10.4. The molecule has 0 rings (SSSR count). The lowest BCUT2D eigenvalue weighted by molar-refractivity contribution is -0.144. The average Bonchev–Trinajstić information content (AvgIpc) is 2.32. The fourth-order valence-corrected chi connectivity index (χ4v) is 1.79. The number of ether oxygens (including phenoxy) is 2. The quantitative estimate of drug-likeness (QED) is 0.609. The fourth-order valence-electron chi connectivity index (χ4n) is 1.79. The molecule has 0 aromatic rings. The van der Waals surface area contributed by atoms with E-state index in [0.717, 1.165) is 25.7 Å². The highest BCUT2D eigenvalue weighted by molar-refractivity contribution is 5.67. The van der Waals surface area contributed by atoms with Gasteiger partial charge in [-0.25, -0.2) is 4.79 Å². The van der Waals surface area contributed by atoms with Crippen LogP contribution in [0.4, 0.5) is 0 Å². The molecule has 102 valence electrons. The van der Waals surface area contributed by atoms with Crippen LogP contribution >= 0.6 is 0 Å². The monoisotopic (exact) mass is 246 g/mol. The molecule has 4 heteroatoms. The summed E-state index contributed by atoms with van der Waals surface area (Å²) in [5.74, 6) is -0.915. The van der Waals surface area contributed by atoms with Crippen LogP contribution < -0.4 is 0 Å². The zero-order valence-corrected chi connectivity index (χ0v) is 11.3. The Bertz CT molecular complexity index is 196. The van der Waals surface area contributed by atoms with E-state index >= 15 is 0 Å². The van der Waals surface area contributed by atoms with E-state index in [-0.39, 0.29) is 12.0 Å². The molecule has 0 spiro atoms. The van der Waals surface area contributed by atoms with Crippen LogP contribution in [0.3, 0.4) is 0 Å². The van der Waals surface area contributed by atoms with Gasteiger partial charge in [-0.1, -0.05) is 26.7 Å². The first-order valence-corrected chi connectivity index (χ1v) is 6.47. The lowest BCUT2D eigenvalue weighted by Crippen LogP contribution is -2.33. The second kappa shape index (κ2) is 9.42. The van der Waals surface area contributed by atoms with Gasteiger partial charge in [-0.3, -0.25) is 0 Å². The summed E-state index contributed by atoms with van der Waals surface area (Å²) in [7, 11) is 0. The molecular weight excluding hydrogens is 220 g/mol. The maximum Gasteiger partial charge on any atom is 0.329 e. The van der Waals surface area contributed by atoms with Gasteiger partial charge >= 0.3 is 5.97 Å². The summed E-state index contributed by atoms with van der Waals surface area (Å²) in [6, 6.07) is 0. The summed E-state index contributed by atoms with van der Waals surface area (Å²) in [6.07, 6.45) is 4.23. The van der Waals surface area contributed by atoms with E-state index < -0.39 is 5.97 Å². The molecule has 0 aliphatic carbocycles. The van der Waals surface area contributed by atoms with Crippen molar-refractivity contribution in [1.82, 2.24) is 0 Å². The second-order valence-electron chi connectivity index (χ2n) is 4.48. The van der Waals surface area contributed by atoms with Crippen LogP contribution in [0.25, 0.3) is 0 Å². The summed E-state index contributed by atoms with van der Waals surface area (Å²) in [5.41, 5.74) is -0.0263. The third kappa shape index (κ3) is 7.34. The summed E-state index contributed by atoms with van der Waals surface area (Å²) >= 11 is 0. The van der Waals surface area contributed by atoms with Crippen LogP contribution in [-0.2, 0) is 14.3 Å². The third-order valence-electron chi connectivity index (χ3n) is 3.06. The van der Waals surface area contributed by atoms with E-state index in [1.807, 2.05) is 6.92 Å². The molecule has 1 unspecified atom stereocenters. The van der Waals surface area contributed by atoms with Crippen molar-refractivity contribution < 1.29 is 19.4 Å². The third-order valence-corrected chi connectivity index (χ3v) is 3.06. The van der Waals surface area contributed by atoms with E-state index in [1.165, 1.54) is 0 Å². The van der Waals surface area contributed by atoms with Gasteiger partial charge in [0, 0.05) is 12.0 Å². The van der Waals surface area contributed by atoms with Crippen molar-refractivity contribution in [2.45, 2.75) is 46.5 Å². The molecule has 0 aromatic heterocycles. The predicted octanol–water partition coefficient (Wildman–Crippen LogP) is 2.71. The highest BCUT2D eigenvalue weighted by Crippen LogP contribution is 2.29. The Kier molecular flexibility index (Phi) is 9.09. The standard InChI is InChI=1S/C13H26O4/c1-4-7-8-13(5-2,10-16-6-3)11-17-9-12(14)15/h4-11H2,1-3H3,(H,14,15). The SMILES string of the molecule is CCCCC(CC)(COCC)COCC(=O)O. The van der Waals surface area contributed by atoms with Crippen LogP contribution in [0.15, 0.2) is 0 Å². The van der Waals surface area contributed by atoms with Gasteiger partial charge in [0.1, 0.15) is 6.61 Å². The molecule has 0 amide bonds. The van der Waals surface area contributed by atoms with Crippen molar-refractivity contribution in [3.63, 3.8) is 0 Å². The first-order valence-electron chi connectivity index (χ1n) is 6.47. The number of hydrogen-bond donors (Lipinski definition) is 1. The van der Waals surface area contributed by atoms with Gasteiger partial charge in [0.25, 0.3) is 0 Å². The molecule has 0 saturated heterocycles. The summed E-state index contributed by atoms with van der Waals surface area (Å²) in [6.45, 7) is 7.82. The molecule has 0 radical (unpaired) electrons. The summed E-state index contributed by atoms with van der Waals surface area (Å²) in [4.78, 5) is 10.4. The van der Waals surface area contributed by atoms with Crippen molar-refractivity contribution in [1.29, 1.82) is 0 Å². The largest absolute Gasteiger partial charge is 0.480 e. The Morgan fingerprint density at radius 2 is 1.82 bits per heavy atom. The molecule has 1 atom stereocenters. The van der Waals surface area contributed by atoms with Gasteiger partial charge in [-0.15, -0.1) is 0 Å². The van der Waals surface area contributed by atoms with Crippen LogP contribution in [0, 0.1) is 5.41 Å². The number of carboxylic acids is 1. The Morgan fingerprint density at radius 3 is 2.29 bits per heavy atom. The zero-order chi connectivity index (χ0) is 13.1.